The lowest BCUT2D eigenvalue weighted by molar-refractivity contribution is -0.0285. The molecule has 3 aromatic carbocycles. The van der Waals surface area contributed by atoms with Gasteiger partial charge in [-0.1, -0.05) is 61.0 Å². The lowest BCUT2D eigenvalue weighted by atomic mass is 9.78. The average molecular weight is 484 g/mol. The normalized spacial score (nSPS) is 17.8. The first-order valence-corrected chi connectivity index (χ1v) is 12.8. The second-order valence-corrected chi connectivity index (χ2v) is 9.60. The van der Waals surface area contributed by atoms with Crippen LogP contribution in [0, 0.1) is 17.9 Å². The second kappa shape index (κ2) is 11.0. The molecule has 1 aliphatic carbocycles. The van der Waals surface area contributed by atoms with Crippen LogP contribution in [-0.4, -0.2) is 5.60 Å². The van der Waals surface area contributed by atoms with E-state index in [-0.39, 0.29) is 11.3 Å². The van der Waals surface area contributed by atoms with Crippen molar-refractivity contribution >= 4 is 23.1 Å². The highest BCUT2D eigenvalue weighted by atomic mass is 16.5. The van der Waals surface area contributed by atoms with Crippen LogP contribution in [0.5, 0.6) is 0 Å². The van der Waals surface area contributed by atoms with Gasteiger partial charge in [0.05, 0.1) is 12.6 Å². The molecule has 4 nitrogen and oxygen atoms in total. The maximum Gasteiger partial charge on any atom is 0.265 e. The lowest BCUT2D eigenvalue weighted by Crippen LogP contribution is -2.37. The molecule has 0 saturated heterocycles. The van der Waals surface area contributed by atoms with Gasteiger partial charge in [0, 0.05) is 23.5 Å². The van der Waals surface area contributed by atoms with E-state index < -0.39 is 0 Å². The van der Waals surface area contributed by atoms with Gasteiger partial charge in [-0.05, 0) is 85.4 Å². The van der Waals surface area contributed by atoms with Gasteiger partial charge in [0.2, 0.25) is 0 Å². The summed E-state index contributed by atoms with van der Waals surface area (Å²) in [4.78, 5) is 5.71. The minimum Gasteiger partial charge on any atom is -0.487 e. The van der Waals surface area contributed by atoms with Gasteiger partial charge >= 0.3 is 0 Å². The molecule has 5 rings (SSSR count). The fourth-order valence-corrected chi connectivity index (χ4v) is 5.28. The molecule has 1 fully saturated rings. The molecule has 1 spiro atoms. The van der Waals surface area contributed by atoms with Crippen LogP contribution < -0.4 is 4.90 Å². The van der Waals surface area contributed by atoms with Crippen molar-refractivity contribution in [2.75, 3.05) is 4.90 Å². The molecule has 0 N–H and O–H groups in total. The molecule has 1 aliphatic heterocycles. The van der Waals surface area contributed by atoms with E-state index in [1.807, 2.05) is 54.6 Å². The van der Waals surface area contributed by atoms with Gasteiger partial charge < -0.3 is 9.64 Å². The van der Waals surface area contributed by atoms with Crippen LogP contribution in [0.15, 0.2) is 114 Å². The third-order valence-electron chi connectivity index (χ3n) is 7.07. The third kappa shape index (κ3) is 5.50. The van der Waals surface area contributed by atoms with Gasteiger partial charge in [0.15, 0.2) is 0 Å². The Morgan fingerprint density at radius 1 is 0.838 bits per heavy atom. The van der Waals surface area contributed by atoms with Crippen molar-refractivity contribution in [1.82, 2.24) is 0 Å². The molecule has 3 aromatic rings. The minimum atomic E-state index is -0.301. The molecule has 0 amide bonds. The standard InChI is InChI=1S/C33H29N3O/c1-35-32(25-34)27-23-31(37-33(24-27)21-9-4-10-22-33)20-17-26-15-18-30(19-16-26)36(28-11-5-2-6-12-28)29-13-7-3-8-14-29/h2-3,5-8,11-20,23H,4,9-10,21-22,24H2/b20-17+,32-27+. The quantitative estimate of drug-likeness (QED) is 0.269. The average Bonchev–Trinajstić information content (AvgIpc) is 2.95. The molecular formula is C33H29N3O. The Hall–Kier alpha value is -4.54. The molecule has 0 atom stereocenters. The zero-order valence-corrected chi connectivity index (χ0v) is 20.8. The number of anilines is 3. The molecule has 1 heterocycles. The molecule has 0 unspecified atom stereocenters. The van der Waals surface area contributed by atoms with Gasteiger partial charge in [0.25, 0.3) is 5.70 Å². The highest BCUT2D eigenvalue weighted by Crippen LogP contribution is 2.43. The van der Waals surface area contributed by atoms with Crippen molar-refractivity contribution in [3.05, 3.63) is 131 Å². The molecule has 4 heteroatoms. The molecule has 1 saturated carbocycles. The first-order chi connectivity index (χ1) is 18.2. The number of allylic oxidation sites excluding steroid dienone is 3. The Kier molecular flexibility index (Phi) is 7.20. The van der Waals surface area contributed by atoms with Crippen LogP contribution in [0.1, 0.15) is 44.1 Å². The summed E-state index contributed by atoms with van der Waals surface area (Å²) < 4.78 is 6.50. The van der Waals surface area contributed by atoms with Crippen LogP contribution >= 0.6 is 0 Å². The van der Waals surface area contributed by atoms with E-state index in [1.54, 1.807) is 0 Å². The summed E-state index contributed by atoms with van der Waals surface area (Å²) in [6.45, 7) is 7.43. The molecular weight excluding hydrogens is 454 g/mol. The summed E-state index contributed by atoms with van der Waals surface area (Å²) in [5.41, 5.74) is 4.99. The maximum absolute atomic E-state index is 9.48. The monoisotopic (exact) mass is 483 g/mol. The van der Waals surface area contributed by atoms with E-state index >= 15 is 0 Å². The van der Waals surface area contributed by atoms with Gasteiger partial charge in [-0.3, -0.25) is 0 Å². The van der Waals surface area contributed by atoms with Crippen LogP contribution in [0.4, 0.5) is 17.1 Å². The third-order valence-corrected chi connectivity index (χ3v) is 7.07. The topological polar surface area (TPSA) is 40.6 Å². The van der Waals surface area contributed by atoms with Crippen molar-refractivity contribution in [3.8, 4) is 6.07 Å². The number of rotatable bonds is 5. The Balaban J connectivity index is 1.42. The van der Waals surface area contributed by atoms with Gasteiger partial charge in [-0.2, -0.15) is 0 Å². The molecule has 182 valence electrons. The predicted octanol–water partition coefficient (Wildman–Crippen LogP) is 8.87. The summed E-state index contributed by atoms with van der Waals surface area (Å²) >= 11 is 0. The minimum absolute atomic E-state index is 0.172. The fraction of sp³-hybridized carbons (Fsp3) is 0.212. The van der Waals surface area contributed by atoms with Gasteiger partial charge in [-0.15, -0.1) is 0 Å². The van der Waals surface area contributed by atoms with Crippen molar-refractivity contribution in [3.63, 3.8) is 0 Å². The van der Waals surface area contributed by atoms with Crippen molar-refractivity contribution in [2.24, 2.45) is 0 Å². The predicted molar refractivity (Wildman–Crippen MR) is 149 cm³/mol. The van der Waals surface area contributed by atoms with E-state index in [1.165, 1.54) is 6.42 Å². The van der Waals surface area contributed by atoms with Crippen LogP contribution in [-0.2, 0) is 4.74 Å². The van der Waals surface area contributed by atoms with Gasteiger partial charge in [0.1, 0.15) is 11.4 Å². The first-order valence-electron chi connectivity index (χ1n) is 12.8. The summed E-state index contributed by atoms with van der Waals surface area (Å²) in [6.07, 6.45) is 11.9. The largest absolute Gasteiger partial charge is 0.487 e. The zero-order chi connectivity index (χ0) is 25.5. The SMILES string of the molecule is [C-]#[N+]/C(C#N)=C1C=C(/C=C/c2ccc(N(c3ccccc3)c3ccccc3)cc2)OC2(CCCCC2)C\1. The zero-order valence-electron chi connectivity index (χ0n) is 20.8. The van der Waals surface area contributed by atoms with Crippen molar-refractivity contribution in [2.45, 2.75) is 44.1 Å². The fourth-order valence-electron chi connectivity index (χ4n) is 5.28. The molecule has 0 aromatic heterocycles. The van der Waals surface area contributed by atoms with Crippen LogP contribution in [0.2, 0.25) is 0 Å². The number of benzene rings is 3. The summed E-state index contributed by atoms with van der Waals surface area (Å²) in [5.74, 6) is 0.721. The van der Waals surface area contributed by atoms with Crippen molar-refractivity contribution < 1.29 is 4.74 Å². The molecule has 2 aliphatic rings. The Morgan fingerprint density at radius 3 is 2.00 bits per heavy atom. The smallest absolute Gasteiger partial charge is 0.265 e. The van der Waals surface area contributed by atoms with E-state index in [2.05, 4.69) is 64.3 Å². The van der Waals surface area contributed by atoms with Gasteiger partial charge in [-0.25, -0.2) is 10.1 Å². The van der Waals surface area contributed by atoms with E-state index in [9.17, 15) is 5.26 Å². The van der Waals surface area contributed by atoms with E-state index in [4.69, 9.17) is 11.3 Å². The van der Waals surface area contributed by atoms with Crippen LogP contribution in [0.3, 0.4) is 0 Å². The van der Waals surface area contributed by atoms with E-state index in [0.29, 0.717) is 6.42 Å². The maximum atomic E-state index is 9.48. The number of ether oxygens (including phenoxy) is 1. The number of para-hydroxylation sites is 2. The number of hydrogen-bond donors (Lipinski definition) is 0. The lowest BCUT2D eigenvalue weighted by Gasteiger charge is -2.41. The summed E-state index contributed by atoms with van der Waals surface area (Å²) in [6, 6.07) is 31.2. The van der Waals surface area contributed by atoms with Crippen LogP contribution in [0.25, 0.3) is 10.9 Å². The number of nitrogens with zero attached hydrogens (tertiary/aromatic N) is 3. The summed E-state index contributed by atoms with van der Waals surface area (Å²) in [5, 5.41) is 9.48. The number of nitriles is 1. The molecule has 37 heavy (non-hydrogen) atoms. The number of hydrogen-bond acceptors (Lipinski definition) is 3. The summed E-state index contributed by atoms with van der Waals surface area (Å²) in [7, 11) is 0. The highest BCUT2D eigenvalue weighted by Gasteiger charge is 2.38. The van der Waals surface area contributed by atoms with E-state index in [0.717, 1.165) is 59.6 Å². The van der Waals surface area contributed by atoms with Crippen molar-refractivity contribution in [1.29, 1.82) is 5.26 Å². The first kappa shape index (κ1) is 24.2. The Morgan fingerprint density at radius 2 is 1.43 bits per heavy atom. The second-order valence-electron chi connectivity index (χ2n) is 9.60. The molecule has 0 radical (unpaired) electrons. The molecule has 0 bridgehead atoms. The Labute approximate surface area is 219 Å². The Bertz CT molecular complexity index is 1340. The highest BCUT2D eigenvalue weighted by molar-refractivity contribution is 5.77.